The molecule has 0 spiro atoms. The zero-order valence-corrected chi connectivity index (χ0v) is 14.9. The summed E-state index contributed by atoms with van der Waals surface area (Å²) in [6, 6.07) is 4.40. The van der Waals surface area contributed by atoms with E-state index in [0.29, 0.717) is 12.5 Å². The molecule has 0 saturated carbocycles. The van der Waals surface area contributed by atoms with E-state index in [-0.39, 0.29) is 6.04 Å². The first-order valence-corrected chi connectivity index (χ1v) is 8.62. The first-order chi connectivity index (χ1) is 9.60. The van der Waals surface area contributed by atoms with E-state index in [2.05, 4.69) is 50.9 Å². The van der Waals surface area contributed by atoms with Gasteiger partial charge in [-0.2, -0.15) is 0 Å². The highest BCUT2D eigenvalue weighted by atomic mass is 79.9. The number of hydrogen-bond donors (Lipinski definition) is 1. The zero-order valence-electron chi connectivity index (χ0n) is 11.7. The molecule has 1 heterocycles. The van der Waals surface area contributed by atoms with Gasteiger partial charge in [0.1, 0.15) is 5.75 Å². The molecule has 0 aliphatic carbocycles. The van der Waals surface area contributed by atoms with Crippen LogP contribution in [0.2, 0.25) is 0 Å². The number of nitrogens with two attached hydrogens (primary N) is 1. The number of ether oxygens (including phenoxy) is 2. The topological polar surface area (TPSA) is 44.5 Å². The summed E-state index contributed by atoms with van der Waals surface area (Å²) in [7, 11) is 0. The molecule has 2 unspecified atom stereocenters. The van der Waals surface area contributed by atoms with Gasteiger partial charge in [-0.25, -0.2) is 0 Å². The highest BCUT2D eigenvalue weighted by Crippen LogP contribution is 2.35. The van der Waals surface area contributed by atoms with Crippen LogP contribution in [0.5, 0.6) is 5.75 Å². The van der Waals surface area contributed by atoms with Crippen molar-refractivity contribution in [3.8, 4) is 5.75 Å². The molecule has 1 aliphatic rings. The van der Waals surface area contributed by atoms with E-state index in [9.17, 15) is 0 Å². The van der Waals surface area contributed by atoms with Gasteiger partial charge in [0.05, 0.1) is 22.2 Å². The summed E-state index contributed by atoms with van der Waals surface area (Å²) in [5.74, 6) is 1.37. The lowest BCUT2D eigenvalue weighted by atomic mass is 10.0. The van der Waals surface area contributed by atoms with Gasteiger partial charge >= 0.3 is 0 Å². The Hall–Kier alpha value is -0.100. The van der Waals surface area contributed by atoms with Gasteiger partial charge in [0, 0.05) is 18.6 Å². The van der Waals surface area contributed by atoms with Crippen LogP contribution in [0.4, 0.5) is 0 Å². The van der Waals surface area contributed by atoms with Gasteiger partial charge < -0.3 is 15.2 Å². The van der Waals surface area contributed by atoms with E-state index in [1.54, 1.807) is 0 Å². The minimum Gasteiger partial charge on any atom is -0.491 e. The first kappa shape index (κ1) is 16.3. The summed E-state index contributed by atoms with van der Waals surface area (Å²) in [5, 5.41) is 0. The molecule has 2 N–H and O–H groups in total. The minimum absolute atomic E-state index is 0.205. The number of halogens is 2. The highest BCUT2D eigenvalue weighted by molar-refractivity contribution is 9.11. The molecule has 112 valence electrons. The summed E-state index contributed by atoms with van der Waals surface area (Å²) in [5.41, 5.74) is 7.23. The quantitative estimate of drug-likeness (QED) is 0.778. The SMILES string of the molecule is CCC(N)Cc1cc(Br)c(OCC2CCOC2)c(Br)c1. The summed E-state index contributed by atoms with van der Waals surface area (Å²) >= 11 is 7.18. The first-order valence-electron chi connectivity index (χ1n) is 7.04. The van der Waals surface area contributed by atoms with Crippen LogP contribution >= 0.6 is 31.9 Å². The molecular weight excluding hydrogens is 386 g/mol. The molecule has 0 radical (unpaired) electrons. The monoisotopic (exact) mass is 405 g/mol. The highest BCUT2D eigenvalue weighted by Gasteiger charge is 2.18. The zero-order chi connectivity index (χ0) is 14.5. The molecule has 1 saturated heterocycles. The third-order valence-electron chi connectivity index (χ3n) is 3.57. The maximum absolute atomic E-state index is 6.01. The number of benzene rings is 1. The van der Waals surface area contributed by atoms with E-state index in [4.69, 9.17) is 15.2 Å². The maximum atomic E-state index is 6.01. The number of rotatable bonds is 6. The summed E-state index contributed by atoms with van der Waals surface area (Å²) in [6.45, 7) is 4.46. The van der Waals surface area contributed by atoms with Crippen molar-refractivity contribution in [1.29, 1.82) is 0 Å². The Balaban J connectivity index is 2.01. The Morgan fingerprint density at radius 3 is 2.65 bits per heavy atom. The fourth-order valence-corrected chi connectivity index (χ4v) is 3.74. The predicted molar refractivity (Wildman–Crippen MR) is 88.2 cm³/mol. The summed E-state index contributed by atoms with van der Waals surface area (Å²) in [6.07, 6.45) is 2.94. The van der Waals surface area contributed by atoms with Gasteiger partial charge in [0.2, 0.25) is 0 Å². The van der Waals surface area contributed by atoms with Crippen molar-refractivity contribution >= 4 is 31.9 Å². The smallest absolute Gasteiger partial charge is 0.147 e. The molecule has 2 atom stereocenters. The van der Waals surface area contributed by atoms with Crippen LogP contribution in [0.3, 0.4) is 0 Å². The summed E-state index contributed by atoms with van der Waals surface area (Å²) < 4.78 is 13.2. The van der Waals surface area contributed by atoms with Crippen LogP contribution in [0.25, 0.3) is 0 Å². The van der Waals surface area contributed by atoms with E-state index in [0.717, 1.165) is 47.2 Å². The molecule has 5 heteroatoms. The third-order valence-corrected chi connectivity index (χ3v) is 4.75. The molecule has 1 fully saturated rings. The van der Waals surface area contributed by atoms with Crippen molar-refractivity contribution < 1.29 is 9.47 Å². The van der Waals surface area contributed by atoms with Gasteiger partial charge in [0.15, 0.2) is 0 Å². The molecule has 1 aromatic carbocycles. The van der Waals surface area contributed by atoms with Crippen molar-refractivity contribution in [3.05, 3.63) is 26.6 Å². The average Bonchev–Trinajstić information content (AvgIpc) is 2.90. The van der Waals surface area contributed by atoms with Crippen molar-refractivity contribution in [2.75, 3.05) is 19.8 Å². The van der Waals surface area contributed by atoms with E-state index < -0.39 is 0 Å². The van der Waals surface area contributed by atoms with Gasteiger partial charge in [0.25, 0.3) is 0 Å². The Labute approximate surface area is 137 Å². The maximum Gasteiger partial charge on any atom is 0.147 e. The largest absolute Gasteiger partial charge is 0.491 e. The molecule has 2 rings (SSSR count). The lowest BCUT2D eigenvalue weighted by molar-refractivity contribution is 0.166. The van der Waals surface area contributed by atoms with Crippen LogP contribution in [0.1, 0.15) is 25.3 Å². The van der Waals surface area contributed by atoms with Crippen molar-refractivity contribution in [3.63, 3.8) is 0 Å². The van der Waals surface area contributed by atoms with Crippen molar-refractivity contribution in [2.45, 2.75) is 32.2 Å². The molecule has 1 aromatic rings. The fourth-order valence-electron chi connectivity index (χ4n) is 2.23. The molecule has 0 aromatic heterocycles. The van der Waals surface area contributed by atoms with E-state index >= 15 is 0 Å². The van der Waals surface area contributed by atoms with Crippen molar-refractivity contribution in [1.82, 2.24) is 0 Å². The lowest BCUT2D eigenvalue weighted by Crippen LogP contribution is -2.21. The molecule has 3 nitrogen and oxygen atoms in total. The summed E-state index contributed by atoms with van der Waals surface area (Å²) in [4.78, 5) is 0. The molecule has 20 heavy (non-hydrogen) atoms. The average molecular weight is 407 g/mol. The fraction of sp³-hybridized carbons (Fsp3) is 0.600. The van der Waals surface area contributed by atoms with Gasteiger partial charge in [-0.1, -0.05) is 6.92 Å². The second-order valence-electron chi connectivity index (χ2n) is 5.30. The van der Waals surface area contributed by atoms with E-state index in [1.165, 1.54) is 5.56 Å². The van der Waals surface area contributed by atoms with E-state index in [1.807, 2.05) is 0 Å². The van der Waals surface area contributed by atoms with Crippen LogP contribution in [0.15, 0.2) is 21.1 Å². The second-order valence-corrected chi connectivity index (χ2v) is 7.01. The van der Waals surface area contributed by atoms with Crippen LogP contribution in [-0.4, -0.2) is 25.9 Å². The Bertz CT molecular complexity index is 424. The molecule has 0 amide bonds. The molecule has 1 aliphatic heterocycles. The van der Waals surface area contributed by atoms with Crippen LogP contribution in [0, 0.1) is 5.92 Å². The van der Waals surface area contributed by atoms with Gasteiger partial charge in [-0.15, -0.1) is 0 Å². The van der Waals surface area contributed by atoms with Gasteiger partial charge in [-0.05, 0) is 68.8 Å². The predicted octanol–water partition coefficient (Wildman–Crippen LogP) is 3.91. The molecule has 0 bridgehead atoms. The van der Waals surface area contributed by atoms with Crippen molar-refractivity contribution in [2.24, 2.45) is 11.7 Å². The Morgan fingerprint density at radius 2 is 2.10 bits per heavy atom. The standard InChI is InChI=1S/C15H21Br2NO2/c1-2-12(18)5-11-6-13(16)15(14(17)7-11)20-9-10-3-4-19-8-10/h6-7,10,12H,2-5,8-9,18H2,1H3. The normalized spacial score (nSPS) is 20.1. The Kier molecular flexibility index (Phi) is 6.33. The lowest BCUT2D eigenvalue weighted by Gasteiger charge is -2.16. The van der Waals surface area contributed by atoms with Crippen LogP contribution in [-0.2, 0) is 11.2 Å². The van der Waals surface area contributed by atoms with Gasteiger partial charge in [-0.3, -0.25) is 0 Å². The third kappa shape index (κ3) is 4.45. The Morgan fingerprint density at radius 1 is 1.40 bits per heavy atom. The number of hydrogen-bond acceptors (Lipinski definition) is 3. The van der Waals surface area contributed by atoms with Crippen LogP contribution < -0.4 is 10.5 Å². The minimum atomic E-state index is 0.205. The molecular formula is C15H21Br2NO2. The second kappa shape index (κ2) is 7.78.